The summed E-state index contributed by atoms with van der Waals surface area (Å²) >= 11 is 0. The molecule has 0 aromatic rings. The summed E-state index contributed by atoms with van der Waals surface area (Å²) in [6.45, 7) is 8.12. The van der Waals surface area contributed by atoms with Crippen LogP contribution in [-0.4, -0.2) is 19.4 Å². The maximum Gasteiger partial charge on any atom is 0.330 e. The predicted molar refractivity (Wildman–Crippen MR) is 277 cm³/mol. The molecule has 0 saturated heterocycles. The highest BCUT2D eigenvalue weighted by Crippen LogP contribution is 2.49. The molecule has 0 aliphatic carbocycles. The first kappa shape index (κ1) is 61.1. The summed E-state index contributed by atoms with van der Waals surface area (Å²) in [5, 5.41) is 0. The summed E-state index contributed by atoms with van der Waals surface area (Å²) in [7, 11) is -2.99. The Hall–Kier alpha value is 0.150. The summed E-state index contributed by atoms with van der Waals surface area (Å²) in [5.74, 6) is 0. The van der Waals surface area contributed by atoms with Gasteiger partial charge >= 0.3 is 7.60 Å². The fourth-order valence-electron chi connectivity index (χ4n) is 9.26. The van der Waals surface area contributed by atoms with Crippen LogP contribution in [0.1, 0.15) is 348 Å². The number of rotatable bonds is 56. The molecule has 0 rings (SSSR count). The lowest BCUT2D eigenvalue weighted by molar-refractivity contribution is 0.197. The third-order valence-electron chi connectivity index (χ3n) is 13.6. The van der Waals surface area contributed by atoms with Crippen molar-refractivity contribution in [3.8, 4) is 0 Å². The van der Waals surface area contributed by atoms with Gasteiger partial charge in [-0.25, -0.2) is 0 Å². The second-order valence-corrected chi connectivity index (χ2v) is 22.2. The van der Waals surface area contributed by atoms with Crippen molar-refractivity contribution in [3.63, 3.8) is 0 Å². The highest BCUT2D eigenvalue weighted by Gasteiger charge is 2.23. The zero-order chi connectivity index (χ0) is 44.1. The van der Waals surface area contributed by atoms with Crippen molar-refractivity contribution >= 4 is 7.60 Å². The lowest BCUT2D eigenvalue weighted by atomic mass is 10.0. The molecule has 4 heteroatoms. The van der Waals surface area contributed by atoms with E-state index in [0.717, 1.165) is 25.7 Å². The molecule has 0 N–H and O–H groups in total. The summed E-state index contributed by atoms with van der Waals surface area (Å²) in [6.07, 6.45) is 70.5. The van der Waals surface area contributed by atoms with Crippen molar-refractivity contribution in [2.75, 3.05) is 19.4 Å². The molecule has 0 aliphatic heterocycles. The average molecular weight is 882 g/mol. The van der Waals surface area contributed by atoms with E-state index in [4.69, 9.17) is 9.05 Å². The van der Waals surface area contributed by atoms with Gasteiger partial charge in [-0.05, 0) is 19.3 Å². The highest BCUT2D eigenvalue weighted by atomic mass is 31.2. The summed E-state index contributed by atoms with van der Waals surface area (Å²) in [5.41, 5.74) is 0. The van der Waals surface area contributed by atoms with Gasteiger partial charge in [0, 0.05) is 0 Å². The Morgan fingerprint density at radius 3 is 0.541 bits per heavy atom. The van der Waals surface area contributed by atoms with Crippen LogP contribution in [0.3, 0.4) is 0 Å². The van der Waals surface area contributed by atoms with Crippen LogP contribution in [0.15, 0.2) is 0 Å². The van der Waals surface area contributed by atoms with Crippen LogP contribution in [0.25, 0.3) is 0 Å². The molecule has 0 heterocycles. The first-order valence-electron chi connectivity index (χ1n) is 29.1. The largest absolute Gasteiger partial charge is 0.330 e. The number of hydrogen-bond donors (Lipinski definition) is 0. The molecule has 0 saturated carbocycles. The quantitative estimate of drug-likeness (QED) is 0.0451. The molecule has 0 bridgehead atoms. The Morgan fingerprint density at radius 1 is 0.213 bits per heavy atom. The lowest BCUT2D eigenvalue weighted by Gasteiger charge is -2.19. The molecule has 0 atom stereocenters. The second kappa shape index (κ2) is 54.5. The van der Waals surface area contributed by atoms with Crippen molar-refractivity contribution in [1.29, 1.82) is 0 Å². The van der Waals surface area contributed by atoms with E-state index in [2.05, 4.69) is 20.8 Å². The standard InChI is InChI=1S/C57H117O3P/c1-4-7-10-13-16-19-22-25-28-31-34-37-40-43-46-49-52-55-59-61(58,57-54-51-48-45-42-39-36-33-30-27-24-21-18-15-12-9-6-3)60-56-53-50-47-44-41-38-35-32-29-26-23-20-17-14-11-8-5-2/h4-57H2,1-3H3. The fourth-order valence-corrected chi connectivity index (χ4v) is 11.0. The van der Waals surface area contributed by atoms with Crippen LogP contribution in [0.4, 0.5) is 0 Å². The van der Waals surface area contributed by atoms with E-state index in [1.165, 1.54) is 302 Å². The SMILES string of the molecule is CCCCCCCCCCCCCCCCCCCOP(=O)(CCCCCCCCCCCCCCCCCCC)OCCCCCCCCCCCCCCCCCCC. The molecular formula is C57H117O3P. The van der Waals surface area contributed by atoms with Crippen molar-refractivity contribution in [2.45, 2.75) is 348 Å². The molecule has 0 radical (unpaired) electrons. The van der Waals surface area contributed by atoms with Gasteiger partial charge in [0.25, 0.3) is 0 Å². The second-order valence-electron chi connectivity index (χ2n) is 20.0. The molecule has 0 amide bonds. The maximum absolute atomic E-state index is 13.9. The first-order chi connectivity index (χ1) is 30.2. The summed E-state index contributed by atoms with van der Waals surface area (Å²) in [4.78, 5) is 0. The van der Waals surface area contributed by atoms with Gasteiger partial charge in [0.1, 0.15) is 0 Å². The van der Waals surface area contributed by atoms with E-state index in [9.17, 15) is 4.57 Å². The Bertz CT molecular complexity index is 772. The van der Waals surface area contributed by atoms with Gasteiger partial charge in [0.2, 0.25) is 0 Å². The van der Waals surface area contributed by atoms with Crippen molar-refractivity contribution in [1.82, 2.24) is 0 Å². The molecule has 0 fully saturated rings. The van der Waals surface area contributed by atoms with E-state index in [1.807, 2.05) is 0 Å². The van der Waals surface area contributed by atoms with Gasteiger partial charge in [-0.1, -0.05) is 329 Å². The predicted octanol–water partition coefficient (Wildman–Crippen LogP) is 22.2. The number of hydrogen-bond acceptors (Lipinski definition) is 3. The van der Waals surface area contributed by atoms with E-state index < -0.39 is 7.60 Å². The molecule has 0 aromatic heterocycles. The minimum atomic E-state index is -2.99. The summed E-state index contributed by atoms with van der Waals surface area (Å²) < 4.78 is 26.2. The molecular weight excluding hydrogens is 764 g/mol. The van der Waals surface area contributed by atoms with Gasteiger partial charge in [0.05, 0.1) is 19.4 Å². The molecule has 3 nitrogen and oxygen atoms in total. The van der Waals surface area contributed by atoms with Crippen LogP contribution >= 0.6 is 7.60 Å². The molecule has 0 spiro atoms. The Labute approximate surface area is 387 Å². The van der Waals surface area contributed by atoms with E-state index >= 15 is 0 Å². The van der Waals surface area contributed by atoms with Gasteiger partial charge in [-0.15, -0.1) is 0 Å². The molecule has 0 aliphatic rings. The van der Waals surface area contributed by atoms with Crippen LogP contribution in [0, 0.1) is 0 Å². The van der Waals surface area contributed by atoms with Crippen molar-refractivity contribution in [3.05, 3.63) is 0 Å². The van der Waals surface area contributed by atoms with Gasteiger partial charge in [-0.2, -0.15) is 0 Å². The van der Waals surface area contributed by atoms with Gasteiger partial charge < -0.3 is 9.05 Å². The van der Waals surface area contributed by atoms with Crippen LogP contribution in [-0.2, 0) is 13.6 Å². The highest BCUT2D eigenvalue weighted by molar-refractivity contribution is 7.53. The van der Waals surface area contributed by atoms with E-state index in [-0.39, 0.29) is 0 Å². The topological polar surface area (TPSA) is 35.5 Å². The molecule has 0 unspecified atom stereocenters. The minimum absolute atomic E-state index is 0.605. The van der Waals surface area contributed by atoms with E-state index in [0.29, 0.717) is 19.4 Å². The summed E-state index contributed by atoms with van der Waals surface area (Å²) in [6, 6.07) is 0. The zero-order valence-corrected chi connectivity index (χ0v) is 43.8. The third-order valence-corrected chi connectivity index (χ3v) is 15.6. The van der Waals surface area contributed by atoms with Crippen LogP contribution < -0.4 is 0 Å². The fraction of sp³-hybridized carbons (Fsp3) is 1.00. The molecule has 368 valence electrons. The van der Waals surface area contributed by atoms with Crippen molar-refractivity contribution in [2.24, 2.45) is 0 Å². The van der Waals surface area contributed by atoms with Crippen LogP contribution in [0.5, 0.6) is 0 Å². The van der Waals surface area contributed by atoms with Crippen LogP contribution in [0.2, 0.25) is 0 Å². The van der Waals surface area contributed by atoms with E-state index in [1.54, 1.807) is 0 Å². The Morgan fingerprint density at radius 2 is 0.361 bits per heavy atom. The monoisotopic (exact) mass is 881 g/mol. The third kappa shape index (κ3) is 52.7. The first-order valence-corrected chi connectivity index (χ1v) is 30.8. The normalized spacial score (nSPS) is 12.0. The molecule has 0 aromatic carbocycles. The van der Waals surface area contributed by atoms with Gasteiger partial charge in [-0.3, -0.25) is 4.57 Å². The zero-order valence-electron chi connectivity index (χ0n) is 42.9. The lowest BCUT2D eigenvalue weighted by Crippen LogP contribution is -2.04. The average Bonchev–Trinajstić information content (AvgIpc) is 3.26. The smallest absolute Gasteiger partial charge is 0.309 e. The Balaban J connectivity index is 4.08. The minimum Gasteiger partial charge on any atom is -0.309 e. The van der Waals surface area contributed by atoms with Crippen molar-refractivity contribution < 1.29 is 13.6 Å². The maximum atomic E-state index is 13.9. The molecule has 61 heavy (non-hydrogen) atoms. The Kier molecular flexibility index (Phi) is 54.6. The number of unbranched alkanes of at least 4 members (excludes halogenated alkanes) is 48. The van der Waals surface area contributed by atoms with Gasteiger partial charge in [0.15, 0.2) is 0 Å².